The number of nitriles is 2. The maximum Gasteiger partial charge on any atom is 0.296 e. The lowest BCUT2D eigenvalue weighted by Crippen LogP contribution is -2.00. The predicted molar refractivity (Wildman–Crippen MR) is 69.1 cm³/mol. The van der Waals surface area contributed by atoms with Gasteiger partial charge in [-0.2, -0.15) is 10.5 Å². The van der Waals surface area contributed by atoms with Crippen LogP contribution in [0.4, 0.5) is 11.4 Å². The van der Waals surface area contributed by atoms with Crippen LogP contribution in [-0.4, -0.2) is 19.1 Å². The Bertz CT molecular complexity index is 624. The fourth-order valence-corrected chi connectivity index (χ4v) is 1.37. The molecule has 0 radical (unpaired) electrons. The minimum atomic E-state index is -0.615. The Kier molecular flexibility index (Phi) is 4.89. The summed E-state index contributed by atoms with van der Waals surface area (Å²) >= 11 is 0. The Morgan fingerprint density at radius 2 is 1.85 bits per heavy atom. The third kappa shape index (κ3) is 3.15. The molecule has 0 bridgehead atoms. The van der Waals surface area contributed by atoms with Gasteiger partial charge in [-0.25, -0.2) is 0 Å². The standard InChI is InChI=1S/C12H10N4O4/c1-19-11-3-9(15-7-8(5-13)6-14)10(16(17)18)4-12(11)20-2/h3-4,7,15H,1-2H3. The van der Waals surface area contributed by atoms with Crippen molar-refractivity contribution in [3.63, 3.8) is 0 Å². The van der Waals surface area contributed by atoms with Gasteiger partial charge in [-0.1, -0.05) is 0 Å². The first-order chi connectivity index (χ1) is 9.57. The lowest BCUT2D eigenvalue weighted by molar-refractivity contribution is -0.384. The van der Waals surface area contributed by atoms with Crippen LogP contribution in [0.1, 0.15) is 0 Å². The van der Waals surface area contributed by atoms with E-state index in [1.807, 2.05) is 0 Å². The number of anilines is 1. The van der Waals surface area contributed by atoms with Gasteiger partial charge in [0.2, 0.25) is 0 Å². The molecular formula is C12H10N4O4. The molecule has 1 aromatic carbocycles. The quantitative estimate of drug-likeness (QED) is 0.494. The zero-order valence-electron chi connectivity index (χ0n) is 10.7. The lowest BCUT2D eigenvalue weighted by atomic mass is 10.2. The summed E-state index contributed by atoms with van der Waals surface area (Å²) in [4.78, 5) is 10.4. The molecule has 0 heterocycles. The maximum atomic E-state index is 11.0. The van der Waals surface area contributed by atoms with E-state index in [4.69, 9.17) is 20.0 Å². The molecule has 0 spiro atoms. The molecule has 1 aromatic rings. The number of benzene rings is 1. The molecule has 0 saturated carbocycles. The summed E-state index contributed by atoms with van der Waals surface area (Å²) in [5, 5.41) is 30.7. The van der Waals surface area contributed by atoms with Gasteiger partial charge >= 0.3 is 0 Å². The molecule has 8 nitrogen and oxygen atoms in total. The summed E-state index contributed by atoms with van der Waals surface area (Å²) in [7, 11) is 2.75. The minimum absolute atomic E-state index is 0.0793. The van der Waals surface area contributed by atoms with Gasteiger partial charge in [0.25, 0.3) is 5.69 Å². The Morgan fingerprint density at radius 1 is 1.30 bits per heavy atom. The van der Waals surface area contributed by atoms with E-state index in [-0.39, 0.29) is 28.4 Å². The number of nitro benzene ring substituents is 1. The van der Waals surface area contributed by atoms with E-state index < -0.39 is 4.92 Å². The highest BCUT2D eigenvalue weighted by Crippen LogP contribution is 2.37. The Balaban J connectivity index is 3.31. The first-order valence-electron chi connectivity index (χ1n) is 5.24. The van der Waals surface area contributed by atoms with Crippen molar-refractivity contribution in [2.45, 2.75) is 0 Å². The fraction of sp³-hybridized carbons (Fsp3) is 0.167. The first-order valence-corrected chi connectivity index (χ1v) is 5.24. The Morgan fingerprint density at radius 3 is 2.30 bits per heavy atom. The van der Waals surface area contributed by atoms with Crippen molar-refractivity contribution in [3.05, 3.63) is 34.0 Å². The number of hydrogen-bond acceptors (Lipinski definition) is 7. The van der Waals surface area contributed by atoms with Crippen LogP contribution in [0.3, 0.4) is 0 Å². The zero-order chi connectivity index (χ0) is 15.1. The van der Waals surface area contributed by atoms with Crippen LogP contribution in [0, 0.1) is 32.8 Å². The van der Waals surface area contributed by atoms with Crippen molar-refractivity contribution in [2.75, 3.05) is 19.5 Å². The molecule has 0 saturated heterocycles. The summed E-state index contributed by atoms with van der Waals surface area (Å²) in [5.74, 6) is 0.485. The molecule has 0 amide bonds. The number of allylic oxidation sites excluding steroid dienone is 1. The third-order valence-corrected chi connectivity index (χ3v) is 2.31. The van der Waals surface area contributed by atoms with Gasteiger partial charge in [-0.15, -0.1) is 0 Å². The summed E-state index contributed by atoms with van der Waals surface area (Å²) in [6, 6.07) is 5.80. The molecular weight excluding hydrogens is 264 g/mol. The minimum Gasteiger partial charge on any atom is -0.493 e. The molecule has 0 aliphatic rings. The monoisotopic (exact) mass is 274 g/mol. The van der Waals surface area contributed by atoms with Gasteiger partial charge in [0.15, 0.2) is 11.5 Å². The molecule has 0 aliphatic heterocycles. The number of nitrogens with zero attached hydrogens (tertiary/aromatic N) is 3. The first kappa shape index (κ1) is 14.8. The van der Waals surface area contributed by atoms with E-state index in [0.717, 1.165) is 6.20 Å². The van der Waals surface area contributed by atoms with E-state index >= 15 is 0 Å². The van der Waals surface area contributed by atoms with Gasteiger partial charge in [-0.3, -0.25) is 10.1 Å². The van der Waals surface area contributed by atoms with Gasteiger partial charge in [0, 0.05) is 12.3 Å². The number of rotatable bonds is 5. The molecule has 0 unspecified atom stereocenters. The van der Waals surface area contributed by atoms with Gasteiger partial charge in [0.05, 0.1) is 25.2 Å². The number of nitrogens with one attached hydrogen (secondary N) is 1. The lowest BCUT2D eigenvalue weighted by Gasteiger charge is -2.10. The summed E-state index contributed by atoms with van der Waals surface area (Å²) in [5.41, 5.74) is -0.404. The molecule has 8 heteroatoms. The molecule has 0 fully saturated rings. The van der Waals surface area contributed by atoms with Gasteiger partial charge in [0.1, 0.15) is 23.4 Å². The van der Waals surface area contributed by atoms with Crippen LogP contribution >= 0.6 is 0 Å². The van der Waals surface area contributed by atoms with E-state index in [1.165, 1.54) is 26.4 Å². The van der Waals surface area contributed by atoms with Crippen molar-refractivity contribution in [3.8, 4) is 23.6 Å². The van der Waals surface area contributed by atoms with Crippen molar-refractivity contribution >= 4 is 11.4 Å². The second kappa shape index (κ2) is 6.61. The van der Waals surface area contributed by atoms with Crippen LogP contribution < -0.4 is 14.8 Å². The van der Waals surface area contributed by atoms with Gasteiger partial charge in [-0.05, 0) is 0 Å². The highest BCUT2D eigenvalue weighted by molar-refractivity contribution is 5.69. The second-order valence-electron chi connectivity index (χ2n) is 3.41. The highest BCUT2D eigenvalue weighted by Gasteiger charge is 2.19. The fourth-order valence-electron chi connectivity index (χ4n) is 1.37. The summed E-state index contributed by atoms with van der Waals surface area (Å²) in [6.45, 7) is 0. The molecule has 102 valence electrons. The number of hydrogen-bond donors (Lipinski definition) is 1. The molecule has 0 atom stereocenters. The van der Waals surface area contributed by atoms with Crippen LogP contribution in [-0.2, 0) is 0 Å². The molecule has 1 N–H and O–H groups in total. The van der Waals surface area contributed by atoms with Crippen LogP contribution in [0.15, 0.2) is 23.9 Å². The van der Waals surface area contributed by atoms with E-state index in [9.17, 15) is 10.1 Å². The maximum absolute atomic E-state index is 11.0. The van der Waals surface area contributed by atoms with E-state index in [1.54, 1.807) is 12.1 Å². The molecule has 0 aliphatic carbocycles. The van der Waals surface area contributed by atoms with E-state index in [0.29, 0.717) is 0 Å². The second-order valence-corrected chi connectivity index (χ2v) is 3.41. The SMILES string of the molecule is COc1cc(NC=C(C#N)C#N)c([N+](=O)[O-])cc1OC. The Labute approximate surface area is 114 Å². The Hall–Kier alpha value is -3.26. The average Bonchev–Trinajstić information content (AvgIpc) is 2.47. The van der Waals surface area contributed by atoms with Crippen molar-refractivity contribution in [1.29, 1.82) is 10.5 Å². The van der Waals surface area contributed by atoms with Gasteiger partial charge < -0.3 is 14.8 Å². The molecule has 20 heavy (non-hydrogen) atoms. The largest absolute Gasteiger partial charge is 0.493 e. The predicted octanol–water partition coefficient (Wildman–Crippen LogP) is 1.95. The molecule has 1 rings (SSSR count). The number of ether oxygens (including phenoxy) is 2. The normalized spacial score (nSPS) is 8.80. The summed E-state index contributed by atoms with van der Waals surface area (Å²) in [6.07, 6.45) is 1.08. The zero-order valence-corrected chi connectivity index (χ0v) is 10.7. The van der Waals surface area contributed by atoms with Crippen molar-refractivity contribution < 1.29 is 14.4 Å². The van der Waals surface area contributed by atoms with Crippen LogP contribution in [0.2, 0.25) is 0 Å². The van der Waals surface area contributed by atoms with Crippen molar-refractivity contribution in [1.82, 2.24) is 0 Å². The van der Waals surface area contributed by atoms with Crippen LogP contribution in [0.5, 0.6) is 11.5 Å². The number of methoxy groups -OCH3 is 2. The third-order valence-electron chi connectivity index (χ3n) is 2.31. The topological polar surface area (TPSA) is 121 Å². The van der Waals surface area contributed by atoms with Crippen LogP contribution in [0.25, 0.3) is 0 Å². The highest BCUT2D eigenvalue weighted by atomic mass is 16.6. The number of nitro groups is 1. The smallest absolute Gasteiger partial charge is 0.296 e. The summed E-state index contributed by atoms with van der Waals surface area (Å²) < 4.78 is 10.0. The van der Waals surface area contributed by atoms with E-state index in [2.05, 4.69) is 5.32 Å². The van der Waals surface area contributed by atoms with Crippen molar-refractivity contribution in [2.24, 2.45) is 0 Å². The molecule has 0 aromatic heterocycles. The average molecular weight is 274 g/mol.